The molecule has 3 aromatic rings. The monoisotopic (exact) mass is 405 g/mol. The number of nitrogens with zero attached hydrogens (tertiary/aromatic N) is 3. The van der Waals surface area contributed by atoms with Crippen LogP contribution in [0.15, 0.2) is 59.4 Å². The van der Waals surface area contributed by atoms with Crippen LogP contribution in [-0.4, -0.2) is 22.7 Å². The van der Waals surface area contributed by atoms with E-state index >= 15 is 0 Å². The van der Waals surface area contributed by atoms with Crippen LogP contribution in [0.2, 0.25) is 0 Å². The van der Waals surface area contributed by atoms with Gasteiger partial charge in [0.2, 0.25) is 5.43 Å². The quantitative estimate of drug-likeness (QED) is 0.620. The molecule has 0 aliphatic carbocycles. The number of hydrogen-bond donors (Lipinski definition) is 0. The van der Waals surface area contributed by atoms with Crippen LogP contribution in [-0.2, 0) is 6.18 Å². The predicted octanol–water partition coefficient (Wildman–Crippen LogP) is 3.98. The van der Waals surface area contributed by atoms with Gasteiger partial charge in [-0.2, -0.15) is 18.3 Å². The number of amides is 1. The Morgan fingerprint density at radius 3 is 2.34 bits per heavy atom. The summed E-state index contributed by atoms with van der Waals surface area (Å²) in [6.45, 7) is 1.49. The smallest absolute Gasteiger partial charge is 0.310 e. The van der Waals surface area contributed by atoms with Crippen LogP contribution in [0.4, 0.5) is 23.2 Å². The van der Waals surface area contributed by atoms with Crippen molar-refractivity contribution in [1.29, 1.82) is 0 Å². The third-order valence-electron chi connectivity index (χ3n) is 4.25. The SMILES string of the molecule is Cc1cc(=O)c(C(=O)N(C)c2ccc(F)cc2)nn1-c1cccc(C(F)(F)F)c1. The van der Waals surface area contributed by atoms with Crippen LogP contribution in [0, 0.1) is 12.7 Å². The molecule has 0 spiro atoms. The van der Waals surface area contributed by atoms with Gasteiger partial charge < -0.3 is 4.90 Å². The lowest BCUT2D eigenvalue weighted by Gasteiger charge is -2.18. The Morgan fingerprint density at radius 1 is 1.07 bits per heavy atom. The van der Waals surface area contributed by atoms with Crippen molar-refractivity contribution in [2.24, 2.45) is 0 Å². The van der Waals surface area contributed by atoms with Crippen LogP contribution in [0.5, 0.6) is 0 Å². The molecule has 0 saturated carbocycles. The first-order valence-electron chi connectivity index (χ1n) is 8.40. The molecule has 1 aromatic heterocycles. The van der Waals surface area contributed by atoms with E-state index in [1.807, 2.05) is 0 Å². The summed E-state index contributed by atoms with van der Waals surface area (Å²) in [5.74, 6) is -1.27. The highest BCUT2D eigenvalue weighted by atomic mass is 19.4. The first-order valence-corrected chi connectivity index (χ1v) is 8.40. The Hall–Kier alpha value is -3.49. The lowest BCUT2D eigenvalue weighted by atomic mass is 10.2. The highest BCUT2D eigenvalue weighted by molar-refractivity contribution is 6.04. The van der Waals surface area contributed by atoms with Gasteiger partial charge in [0.25, 0.3) is 5.91 Å². The molecule has 0 aliphatic heterocycles. The van der Waals surface area contributed by atoms with Crippen LogP contribution < -0.4 is 10.3 Å². The number of aromatic nitrogens is 2. The third-order valence-corrected chi connectivity index (χ3v) is 4.25. The van der Waals surface area contributed by atoms with Crippen molar-refractivity contribution in [1.82, 2.24) is 9.78 Å². The van der Waals surface area contributed by atoms with Crippen LogP contribution in [0.1, 0.15) is 21.7 Å². The number of carbonyl (C=O) groups is 1. The standard InChI is InChI=1S/C20H15F4N3O2/c1-12-10-17(28)18(19(29)26(2)15-8-6-14(21)7-9-15)25-27(12)16-5-3-4-13(11-16)20(22,23)24/h3-11H,1-2H3. The molecule has 1 heterocycles. The fourth-order valence-electron chi connectivity index (χ4n) is 2.71. The first-order chi connectivity index (χ1) is 13.6. The second-order valence-corrected chi connectivity index (χ2v) is 6.30. The average Bonchev–Trinajstić information content (AvgIpc) is 2.67. The summed E-state index contributed by atoms with van der Waals surface area (Å²) in [6, 6.07) is 10.5. The lowest BCUT2D eigenvalue weighted by molar-refractivity contribution is -0.137. The molecule has 0 aliphatic rings. The summed E-state index contributed by atoms with van der Waals surface area (Å²) in [5, 5.41) is 4.00. The van der Waals surface area contributed by atoms with E-state index in [0.29, 0.717) is 5.69 Å². The molecular weight excluding hydrogens is 390 g/mol. The molecule has 0 radical (unpaired) electrons. The van der Waals surface area contributed by atoms with E-state index in [4.69, 9.17) is 0 Å². The summed E-state index contributed by atoms with van der Waals surface area (Å²) in [5.41, 5.74) is -1.40. The fraction of sp³-hybridized carbons (Fsp3) is 0.150. The van der Waals surface area contributed by atoms with Crippen molar-refractivity contribution >= 4 is 11.6 Å². The maximum atomic E-state index is 13.1. The zero-order valence-corrected chi connectivity index (χ0v) is 15.4. The maximum Gasteiger partial charge on any atom is 0.416 e. The van der Waals surface area contributed by atoms with Crippen molar-refractivity contribution in [3.05, 3.63) is 87.6 Å². The number of rotatable bonds is 3. The minimum Gasteiger partial charge on any atom is -0.310 e. The summed E-state index contributed by atoms with van der Waals surface area (Å²) in [4.78, 5) is 26.2. The third kappa shape index (κ3) is 4.18. The minimum absolute atomic E-state index is 0.0517. The van der Waals surface area contributed by atoms with Gasteiger partial charge in [-0.25, -0.2) is 9.07 Å². The second kappa shape index (κ2) is 7.50. The molecule has 0 N–H and O–H groups in total. The normalized spacial score (nSPS) is 11.4. The van der Waals surface area contributed by atoms with Gasteiger partial charge in [-0.3, -0.25) is 9.59 Å². The van der Waals surface area contributed by atoms with Gasteiger partial charge >= 0.3 is 6.18 Å². The second-order valence-electron chi connectivity index (χ2n) is 6.30. The van der Waals surface area contributed by atoms with Crippen molar-refractivity contribution in [2.45, 2.75) is 13.1 Å². The van der Waals surface area contributed by atoms with Crippen molar-refractivity contribution < 1.29 is 22.4 Å². The van der Waals surface area contributed by atoms with Crippen LogP contribution >= 0.6 is 0 Å². The van der Waals surface area contributed by atoms with Crippen LogP contribution in [0.3, 0.4) is 0 Å². The van der Waals surface area contributed by atoms with Gasteiger partial charge in [-0.15, -0.1) is 0 Å². The Balaban J connectivity index is 2.05. The molecule has 150 valence electrons. The summed E-state index contributed by atoms with van der Waals surface area (Å²) in [7, 11) is 1.38. The topological polar surface area (TPSA) is 55.2 Å². The average molecular weight is 405 g/mol. The van der Waals surface area contributed by atoms with Crippen molar-refractivity contribution in [2.75, 3.05) is 11.9 Å². The first kappa shape index (κ1) is 20.2. The largest absolute Gasteiger partial charge is 0.416 e. The van der Waals surface area contributed by atoms with Gasteiger partial charge in [0.05, 0.1) is 11.3 Å². The van der Waals surface area contributed by atoms with E-state index in [1.165, 1.54) is 38.2 Å². The molecule has 0 bridgehead atoms. The molecule has 0 saturated heterocycles. The zero-order valence-electron chi connectivity index (χ0n) is 15.4. The molecule has 5 nitrogen and oxygen atoms in total. The van der Waals surface area contributed by atoms with E-state index in [9.17, 15) is 27.2 Å². The maximum absolute atomic E-state index is 13.1. The van der Waals surface area contributed by atoms with E-state index in [-0.39, 0.29) is 11.4 Å². The van der Waals surface area contributed by atoms with Gasteiger partial charge in [-0.1, -0.05) is 6.07 Å². The molecule has 29 heavy (non-hydrogen) atoms. The molecule has 0 fully saturated rings. The van der Waals surface area contributed by atoms with Crippen molar-refractivity contribution in [3.8, 4) is 5.69 Å². The highest BCUT2D eigenvalue weighted by Crippen LogP contribution is 2.30. The summed E-state index contributed by atoms with van der Waals surface area (Å²) in [6.07, 6.45) is -4.55. The molecule has 2 aromatic carbocycles. The molecule has 1 amide bonds. The Kier molecular flexibility index (Phi) is 5.23. The van der Waals surface area contributed by atoms with Gasteiger partial charge in [0.1, 0.15) is 5.82 Å². The Labute approximate surface area is 162 Å². The van der Waals surface area contributed by atoms with E-state index < -0.39 is 34.6 Å². The summed E-state index contributed by atoms with van der Waals surface area (Å²) < 4.78 is 53.2. The van der Waals surface area contributed by atoms with Crippen molar-refractivity contribution in [3.63, 3.8) is 0 Å². The highest BCUT2D eigenvalue weighted by Gasteiger charge is 2.30. The van der Waals surface area contributed by atoms with Gasteiger partial charge in [-0.05, 0) is 49.4 Å². The van der Waals surface area contributed by atoms with Gasteiger partial charge in [0, 0.05) is 24.5 Å². The summed E-state index contributed by atoms with van der Waals surface area (Å²) >= 11 is 0. The predicted molar refractivity (Wildman–Crippen MR) is 98.7 cm³/mol. The number of hydrogen-bond acceptors (Lipinski definition) is 3. The Bertz CT molecular complexity index is 1120. The molecule has 9 heteroatoms. The molecular formula is C20H15F4N3O2. The number of benzene rings is 2. The number of carbonyl (C=O) groups excluding carboxylic acids is 1. The Morgan fingerprint density at radius 2 is 1.72 bits per heavy atom. The number of halogens is 4. The molecule has 0 unspecified atom stereocenters. The molecule has 3 rings (SSSR count). The fourth-order valence-corrected chi connectivity index (χ4v) is 2.71. The van der Waals surface area contributed by atoms with E-state index in [1.54, 1.807) is 0 Å². The van der Waals surface area contributed by atoms with Crippen LogP contribution in [0.25, 0.3) is 5.69 Å². The van der Waals surface area contributed by atoms with E-state index in [0.717, 1.165) is 39.9 Å². The number of anilines is 1. The lowest BCUT2D eigenvalue weighted by Crippen LogP contribution is -2.33. The van der Waals surface area contributed by atoms with Gasteiger partial charge in [0.15, 0.2) is 5.69 Å². The molecule has 0 atom stereocenters. The number of aryl methyl sites for hydroxylation is 1. The van der Waals surface area contributed by atoms with E-state index in [2.05, 4.69) is 5.10 Å². The zero-order chi connectivity index (χ0) is 21.3. The number of alkyl halides is 3. The minimum atomic E-state index is -4.55.